The van der Waals surface area contributed by atoms with Crippen molar-refractivity contribution in [2.75, 3.05) is 7.11 Å². The lowest BCUT2D eigenvalue weighted by molar-refractivity contribution is 0.213. The summed E-state index contributed by atoms with van der Waals surface area (Å²) in [5.41, 5.74) is 1.51. The molecule has 0 aliphatic carbocycles. The Morgan fingerprint density at radius 2 is 1.70 bits per heavy atom. The highest BCUT2D eigenvalue weighted by molar-refractivity contribution is 9.10. The molecule has 0 aliphatic heterocycles. The van der Waals surface area contributed by atoms with E-state index in [1.807, 2.05) is 6.92 Å². The number of hydrogen-bond acceptors (Lipinski definition) is 2. The molecule has 20 heavy (non-hydrogen) atoms. The quantitative estimate of drug-likeness (QED) is 0.908. The fraction of sp³-hybridized carbons (Fsp3) is 0.200. The third-order valence-corrected chi connectivity index (χ3v) is 3.86. The molecular formula is C15H13BrF2O2. The second-order valence-corrected chi connectivity index (χ2v) is 5.30. The van der Waals surface area contributed by atoms with Gasteiger partial charge in [-0.3, -0.25) is 0 Å². The highest BCUT2D eigenvalue weighted by atomic mass is 79.9. The molecule has 1 unspecified atom stereocenters. The number of methoxy groups -OCH3 is 1. The largest absolute Gasteiger partial charge is 0.496 e. The van der Waals surface area contributed by atoms with Gasteiger partial charge in [0.15, 0.2) is 0 Å². The van der Waals surface area contributed by atoms with Crippen molar-refractivity contribution in [3.8, 4) is 5.75 Å². The molecule has 0 amide bonds. The molecule has 1 atom stereocenters. The van der Waals surface area contributed by atoms with Gasteiger partial charge in [-0.25, -0.2) is 8.78 Å². The first-order chi connectivity index (χ1) is 9.42. The van der Waals surface area contributed by atoms with E-state index >= 15 is 0 Å². The summed E-state index contributed by atoms with van der Waals surface area (Å²) in [6.07, 6.45) is -1.17. The molecule has 106 valence electrons. The molecule has 2 aromatic carbocycles. The first-order valence-corrected chi connectivity index (χ1v) is 6.69. The molecule has 2 aromatic rings. The molecule has 0 saturated heterocycles. The molecule has 2 nitrogen and oxygen atoms in total. The van der Waals surface area contributed by atoms with Crippen LogP contribution in [0.2, 0.25) is 0 Å². The van der Waals surface area contributed by atoms with E-state index in [0.29, 0.717) is 11.3 Å². The fourth-order valence-corrected chi connectivity index (χ4v) is 2.33. The van der Waals surface area contributed by atoms with Crippen molar-refractivity contribution >= 4 is 15.9 Å². The molecule has 0 aromatic heterocycles. The summed E-state index contributed by atoms with van der Waals surface area (Å²) in [6, 6.07) is 6.39. The average molecular weight is 343 g/mol. The lowest BCUT2D eigenvalue weighted by Crippen LogP contribution is -2.04. The first-order valence-electron chi connectivity index (χ1n) is 5.90. The van der Waals surface area contributed by atoms with Crippen molar-refractivity contribution in [2.45, 2.75) is 13.0 Å². The van der Waals surface area contributed by atoms with Crippen LogP contribution in [-0.2, 0) is 0 Å². The molecule has 0 heterocycles. The molecule has 0 saturated carbocycles. The van der Waals surface area contributed by atoms with Gasteiger partial charge in [-0.1, -0.05) is 15.9 Å². The average Bonchev–Trinajstić information content (AvgIpc) is 2.39. The zero-order valence-electron chi connectivity index (χ0n) is 11.0. The maximum Gasteiger partial charge on any atom is 0.126 e. The van der Waals surface area contributed by atoms with Gasteiger partial charge in [-0.15, -0.1) is 0 Å². The van der Waals surface area contributed by atoms with Gasteiger partial charge in [-0.2, -0.15) is 0 Å². The molecule has 0 spiro atoms. The highest BCUT2D eigenvalue weighted by Gasteiger charge is 2.18. The second kappa shape index (κ2) is 5.89. The van der Waals surface area contributed by atoms with Crippen molar-refractivity contribution in [1.82, 2.24) is 0 Å². The van der Waals surface area contributed by atoms with Crippen LogP contribution in [0.5, 0.6) is 5.75 Å². The van der Waals surface area contributed by atoms with E-state index in [0.717, 1.165) is 28.2 Å². The van der Waals surface area contributed by atoms with Crippen molar-refractivity contribution in [2.24, 2.45) is 0 Å². The number of benzene rings is 2. The molecule has 0 aliphatic rings. The summed E-state index contributed by atoms with van der Waals surface area (Å²) in [6.45, 7) is 1.88. The van der Waals surface area contributed by atoms with Crippen LogP contribution >= 0.6 is 15.9 Å². The van der Waals surface area contributed by atoms with Crippen molar-refractivity contribution in [1.29, 1.82) is 0 Å². The van der Waals surface area contributed by atoms with Crippen LogP contribution in [0, 0.1) is 18.6 Å². The van der Waals surface area contributed by atoms with E-state index in [-0.39, 0.29) is 5.56 Å². The van der Waals surface area contributed by atoms with Crippen LogP contribution in [0.3, 0.4) is 0 Å². The van der Waals surface area contributed by atoms with Crippen LogP contribution in [0.1, 0.15) is 22.8 Å². The maximum atomic E-state index is 13.2. The predicted molar refractivity (Wildman–Crippen MR) is 75.9 cm³/mol. The van der Waals surface area contributed by atoms with E-state index < -0.39 is 17.7 Å². The molecule has 5 heteroatoms. The Labute approximate surface area is 124 Å². The van der Waals surface area contributed by atoms with E-state index in [9.17, 15) is 13.9 Å². The van der Waals surface area contributed by atoms with Gasteiger partial charge in [0.1, 0.15) is 23.5 Å². The monoisotopic (exact) mass is 342 g/mol. The summed E-state index contributed by atoms with van der Waals surface area (Å²) in [5, 5.41) is 10.3. The van der Waals surface area contributed by atoms with Gasteiger partial charge in [0.25, 0.3) is 0 Å². The number of aliphatic hydroxyl groups is 1. The third kappa shape index (κ3) is 2.99. The van der Waals surface area contributed by atoms with Crippen molar-refractivity contribution in [3.63, 3.8) is 0 Å². The van der Waals surface area contributed by atoms with E-state index in [1.165, 1.54) is 7.11 Å². The predicted octanol–water partition coefficient (Wildman–Crippen LogP) is 4.13. The standard InChI is InChI=1S/C15H13BrF2O2/c1-8-3-14(20-2)12(7-13(8)16)15(19)9-4-10(17)6-11(18)5-9/h3-7,15,19H,1-2H3. The molecule has 2 rings (SSSR count). The van der Waals surface area contributed by atoms with Gasteiger partial charge in [0.2, 0.25) is 0 Å². The van der Waals surface area contributed by atoms with Gasteiger partial charge in [-0.05, 0) is 42.3 Å². The SMILES string of the molecule is COc1cc(C)c(Br)cc1C(O)c1cc(F)cc(F)c1. The Morgan fingerprint density at radius 1 is 1.10 bits per heavy atom. The lowest BCUT2D eigenvalue weighted by Gasteiger charge is -2.17. The van der Waals surface area contributed by atoms with E-state index in [4.69, 9.17) is 4.74 Å². The number of ether oxygens (including phenoxy) is 1. The minimum Gasteiger partial charge on any atom is -0.496 e. The Hall–Kier alpha value is -1.46. The summed E-state index contributed by atoms with van der Waals surface area (Å²) < 4.78 is 32.5. The van der Waals surface area contributed by atoms with Gasteiger partial charge < -0.3 is 9.84 Å². The molecule has 0 bridgehead atoms. The normalized spacial score (nSPS) is 12.3. The van der Waals surface area contributed by atoms with E-state index in [2.05, 4.69) is 15.9 Å². The topological polar surface area (TPSA) is 29.5 Å². The Bertz CT molecular complexity index is 624. The summed E-state index contributed by atoms with van der Waals surface area (Å²) in [7, 11) is 1.48. The Balaban J connectivity index is 2.52. The molecule has 1 N–H and O–H groups in total. The number of aryl methyl sites for hydroxylation is 1. The Morgan fingerprint density at radius 3 is 2.25 bits per heavy atom. The molecule has 0 radical (unpaired) electrons. The van der Waals surface area contributed by atoms with Gasteiger partial charge >= 0.3 is 0 Å². The van der Waals surface area contributed by atoms with Crippen LogP contribution in [0.25, 0.3) is 0 Å². The van der Waals surface area contributed by atoms with E-state index in [1.54, 1.807) is 12.1 Å². The fourth-order valence-electron chi connectivity index (χ4n) is 1.97. The number of aliphatic hydroxyl groups excluding tert-OH is 1. The summed E-state index contributed by atoms with van der Waals surface area (Å²) in [5.74, 6) is -1.00. The third-order valence-electron chi connectivity index (χ3n) is 3.01. The molecule has 0 fully saturated rings. The van der Waals surface area contributed by atoms with Crippen LogP contribution in [-0.4, -0.2) is 12.2 Å². The summed E-state index contributed by atoms with van der Waals surface area (Å²) >= 11 is 3.36. The zero-order valence-corrected chi connectivity index (χ0v) is 12.5. The maximum absolute atomic E-state index is 13.2. The van der Waals surface area contributed by atoms with Gasteiger partial charge in [0.05, 0.1) is 7.11 Å². The number of hydrogen-bond donors (Lipinski definition) is 1. The second-order valence-electron chi connectivity index (χ2n) is 4.45. The first kappa shape index (κ1) is 14.9. The zero-order chi connectivity index (χ0) is 14.9. The smallest absolute Gasteiger partial charge is 0.126 e. The Kier molecular flexibility index (Phi) is 4.40. The van der Waals surface area contributed by atoms with Crippen LogP contribution in [0.15, 0.2) is 34.8 Å². The number of halogens is 3. The highest BCUT2D eigenvalue weighted by Crippen LogP contribution is 2.34. The van der Waals surface area contributed by atoms with Crippen LogP contribution in [0.4, 0.5) is 8.78 Å². The minimum atomic E-state index is -1.17. The minimum absolute atomic E-state index is 0.136. The van der Waals surface area contributed by atoms with Crippen molar-refractivity contribution < 1.29 is 18.6 Å². The van der Waals surface area contributed by atoms with Crippen molar-refractivity contribution in [3.05, 3.63) is 63.1 Å². The van der Waals surface area contributed by atoms with Crippen LogP contribution < -0.4 is 4.74 Å². The molecular weight excluding hydrogens is 330 g/mol. The number of rotatable bonds is 3. The van der Waals surface area contributed by atoms with Gasteiger partial charge in [0, 0.05) is 16.1 Å². The summed E-state index contributed by atoms with van der Waals surface area (Å²) in [4.78, 5) is 0. The lowest BCUT2D eigenvalue weighted by atomic mass is 9.99.